The summed E-state index contributed by atoms with van der Waals surface area (Å²) in [5.74, 6) is 0. The molecule has 0 atom stereocenters. The standard InChI is InChI=1S/C9H14F3N3OS/c1-2-3-4-15(5-6-16)8-14-13-7(17-8)9(10,11)12/h16H,2-6H2,1H3. The van der Waals surface area contributed by atoms with Crippen LogP contribution in [-0.2, 0) is 6.18 Å². The molecule has 17 heavy (non-hydrogen) atoms. The largest absolute Gasteiger partial charge is 0.445 e. The smallest absolute Gasteiger partial charge is 0.395 e. The second-order valence-electron chi connectivity index (χ2n) is 3.45. The second kappa shape index (κ2) is 6.15. The molecule has 1 aromatic heterocycles. The topological polar surface area (TPSA) is 49.2 Å². The van der Waals surface area contributed by atoms with Crippen molar-refractivity contribution in [2.75, 3.05) is 24.6 Å². The lowest BCUT2D eigenvalue weighted by Gasteiger charge is -2.19. The number of nitrogens with zero attached hydrogens (tertiary/aromatic N) is 3. The highest BCUT2D eigenvalue weighted by Crippen LogP contribution is 2.34. The van der Waals surface area contributed by atoms with Gasteiger partial charge in [-0.1, -0.05) is 24.7 Å². The highest BCUT2D eigenvalue weighted by molar-refractivity contribution is 7.15. The Morgan fingerprint density at radius 3 is 2.47 bits per heavy atom. The first-order valence-electron chi connectivity index (χ1n) is 5.25. The number of aliphatic hydroxyl groups excluding tert-OH is 1. The molecular weight excluding hydrogens is 255 g/mol. The fourth-order valence-electron chi connectivity index (χ4n) is 1.23. The molecule has 0 spiro atoms. The number of hydrogen-bond acceptors (Lipinski definition) is 5. The van der Waals surface area contributed by atoms with Gasteiger partial charge in [-0.2, -0.15) is 13.2 Å². The number of anilines is 1. The van der Waals surface area contributed by atoms with Crippen molar-refractivity contribution in [1.82, 2.24) is 10.2 Å². The third-order valence-corrected chi connectivity index (χ3v) is 3.11. The summed E-state index contributed by atoms with van der Waals surface area (Å²) in [6.45, 7) is 2.71. The van der Waals surface area contributed by atoms with Gasteiger partial charge in [-0.05, 0) is 6.42 Å². The molecule has 0 aliphatic rings. The molecular formula is C9H14F3N3OS. The number of unbranched alkanes of at least 4 members (excludes halogenated alkanes) is 1. The number of rotatable bonds is 6. The Balaban J connectivity index is 2.76. The van der Waals surface area contributed by atoms with Gasteiger partial charge in [0.25, 0.3) is 0 Å². The second-order valence-corrected chi connectivity index (χ2v) is 4.41. The Kier molecular flexibility index (Phi) is 5.13. The summed E-state index contributed by atoms with van der Waals surface area (Å²) in [7, 11) is 0. The van der Waals surface area contributed by atoms with E-state index in [0.29, 0.717) is 17.9 Å². The summed E-state index contributed by atoms with van der Waals surface area (Å²) < 4.78 is 37.0. The van der Waals surface area contributed by atoms with E-state index in [1.54, 1.807) is 4.90 Å². The minimum atomic E-state index is -4.45. The van der Waals surface area contributed by atoms with E-state index in [9.17, 15) is 13.2 Å². The van der Waals surface area contributed by atoms with Crippen LogP contribution in [0.5, 0.6) is 0 Å². The van der Waals surface area contributed by atoms with Crippen LogP contribution in [0.25, 0.3) is 0 Å². The molecule has 0 saturated carbocycles. The highest BCUT2D eigenvalue weighted by Gasteiger charge is 2.36. The third-order valence-electron chi connectivity index (χ3n) is 2.08. The van der Waals surface area contributed by atoms with Gasteiger partial charge in [0, 0.05) is 13.1 Å². The van der Waals surface area contributed by atoms with Gasteiger partial charge >= 0.3 is 6.18 Å². The van der Waals surface area contributed by atoms with Gasteiger partial charge in [-0.15, -0.1) is 10.2 Å². The van der Waals surface area contributed by atoms with Crippen molar-refractivity contribution in [1.29, 1.82) is 0 Å². The first kappa shape index (κ1) is 14.2. The third kappa shape index (κ3) is 4.12. The fourth-order valence-corrected chi connectivity index (χ4v) is 1.99. The van der Waals surface area contributed by atoms with Crippen molar-refractivity contribution in [2.45, 2.75) is 25.9 Å². The first-order chi connectivity index (χ1) is 7.99. The van der Waals surface area contributed by atoms with Gasteiger partial charge in [-0.25, -0.2) is 0 Å². The lowest BCUT2D eigenvalue weighted by Crippen LogP contribution is -2.27. The molecule has 1 N–H and O–H groups in total. The Morgan fingerprint density at radius 1 is 1.29 bits per heavy atom. The average Bonchev–Trinajstić information content (AvgIpc) is 2.72. The maximum Gasteiger partial charge on any atom is 0.445 e. The molecule has 0 aliphatic heterocycles. The molecule has 1 rings (SSSR count). The molecule has 0 aromatic carbocycles. The lowest BCUT2D eigenvalue weighted by molar-refractivity contribution is -0.138. The molecule has 0 saturated heterocycles. The first-order valence-corrected chi connectivity index (χ1v) is 6.07. The SMILES string of the molecule is CCCCN(CCO)c1nnc(C(F)(F)F)s1. The average molecular weight is 269 g/mol. The summed E-state index contributed by atoms with van der Waals surface area (Å²) in [5.41, 5.74) is 0. The molecule has 0 radical (unpaired) electrons. The minimum absolute atomic E-state index is 0.120. The van der Waals surface area contributed by atoms with E-state index in [0.717, 1.165) is 12.8 Å². The van der Waals surface area contributed by atoms with Gasteiger partial charge in [0.05, 0.1) is 6.61 Å². The normalized spacial score (nSPS) is 11.8. The lowest BCUT2D eigenvalue weighted by atomic mass is 10.3. The predicted octanol–water partition coefficient (Wildman–Crippen LogP) is 2.16. The van der Waals surface area contributed by atoms with Gasteiger partial charge in [0.15, 0.2) is 0 Å². The Labute approximate surface area is 101 Å². The van der Waals surface area contributed by atoms with Crippen LogP contribution in [0.4, 0.5) is 18.3 Å². The van der Waals surface area contributed by atoms with E-state index < -0.39 is 11.2 Å². The van der Waals surface area contributed by atoms with Crippen LogP contribution in [0.2, 0.25) is 0 Å². The van der Waals surface area contributed by atoms with Crippen LogP contribution >= 0.6 is 11.3 Å². The summed E-state index contributed by atoms with van der Waals surface area (Å²) in [4.78, 5) is 1.62. The summed E-state index contributed by atoms with van der Waals surface area (Å²) in [5, 5.41) is 14.7. The number of alkyl halides is 3. The maximum atomic E-state index is 12.3. The van der Waals surface area contributed by atoms with E-state index in [1.807, 2.05) is 6.92 Å². The molecule has 4 nitrogen and oxygen atoms in total. The summed E-state index contributed by atoms with van der Waals surface area (Å²) in [6, 6.07) is 0. The van der Waals surface area contributed by atoms with Crippen LogP contribution < -0.4 is 4.90 Å². The van der Waals surface area contributed by atoms with Gasteiger partial charge < -0.3 is 10.0 Å². The Morgan fingerprint density at radius 2 is 2.00 bits per heavy atom. The van der Waals surface area contributed by atoms with Gasteiger partial charge in [0.2, 0.25) is 10.1 Å². The Bertz CT molecular complexity index is 342. The van der Waals surface area contributed by atoms with Crippen molar-refractivity contribution >= 4 is 16.5 Å². The number of halogens is 3. The van der Waals surface area contributed by atoms with Crippen LogP contribution in [0, 0.1) is 0 Å². The monoisotopic (exact) mass is 269 g/mol. The quantitative estimate of drug-likeness (QED) is 0.859. The van der Waals surface area contributed by atoms with E-state index >= 15 is 0 Å². The number of hydrogen-bond donors (Lipinski definition) is 1. The maximum absolute atomic E-state index is 12.3. The zero-order valence-corrected chi connectivity index (χ0v) is 10.2. The minimum Gasteiger partial charge on any atom is -0.395 e. The molecule has 8 heteroatoms. The van der Waals surface area contributed by atoms with Crippen LogP contribution in [0.1, 0.15) is 24.8 Å². The van der Waals surface area contributed by atoms with E-state index in [1.165, 1.54) is 0 Å². The number of aromatic nitrogens is 2. The molecule has 98 valence electrons. The van der Waals surface area contributed by atoms with Crippen molar-refractivity contribution in [2.24, 2.45) is 0 Å². The molecule has 0 fully saturated rings. The summed E-state index contributed by atoms with van der Waals surface area (Å²) in [6.07, 6.45) is -2.70. The highest BCUT2D eigenvalue weighted by atomic mass is 32.1. The molecule has 1 heterocycles. The molecule has 0 bridgehead atoms. The van der Waals surface area contributed by atoms with Crippen LogP contribution in [-0.4, -0.2) is 35.0 Å². The van der Waals surface area contributed by atoms with E-state index in [2.05, 4.69) is 10.2 Å². The molecule has 0 aliphatic carbocycles. The van der Waals surface area contributed by atoms with E-state index in [-0.39, 0.29) is 18.3 Å². The van der Waals surface area contributed by atoms with Crippen LogP contribution in [0.3, 0.4) is 0 Å². The number of aliphatic hydroxyl groups is 1. The van der Waals surface area contributed by atoms with Gasteiger partial charge in [0.1, 0.15) is 0 Å². The van der Waals surface area contributed by atoms with Crippen LogP contribution in [0.15, 0.2) is 0 Å². The zero-order valence-electron chi connectivity index (χ0n) is 9.37. The zero-order chi connectivity index (χ0) is 12.9. The Hall–Kier alpha value is -0.890. The fraction of sp³-hybridized carbons (Fsp3) is 0.778. The molecule has 1 aromatic rings. The van der Waals surface area contributed by atoms with Gasteiger partial charge in [-0.3, -0.25) is 0 Å². The van der Waals surface area contributed by atoms with Crippen molar-refractivity contribution < 1.29 is 18.3 Å². The molecule has 0 amide bonds. The summed E-state index contributed by atoms with van der Waals surface area (Å²) >= 11 is 0.506. The van der Waals surface area contributed by atoms with E-state index in [4.69, 9.17) is 5.11 Å². The van der Waals surface area contributed by atoms with Crippen molar-refractivity contribution in [3.8, 4) is 0 Å². The molecule has 0 unspecified atom stereocenters. The van der Waals surface area contributed by atoms with Crippen molar-refractivity contribution in [3.63, 3.8) is 0 Å². The predicted molar refractivity (Wildman–Crippen MR) is 59.1 cm³/mol. The van der Waals surface area contributed by atoms with Crippen molar-refractivity contribution in [3.05, 3.63) is 5.01 Å².